The van der Waals surface area contributed by atoms with Crippen molar-refractivity contribution < 1.29 is 4.79 Å². The lowest BCUT2D eigenvalue weighted by Gasteiger charge is -2.35. The standard InChI is InChI=1S/C16H22Cl2N2O/c1-11(2)16(6-7-19-10-16)15(21)20(3)9-12-4-5-13(17)14(18)8-12/h4-5,8,11,19H,6-7,9-10H2,1-3H3. The van der Waals surface area contributed by atoms with Crippen molar-refractivity contribution in [3.63, 3.8) is 0 Å². The lowest BCUT2D eigenvalue weighted by Crippen LogP contribution is -2.46. The monoisotopic (exact) mass is 328 g/mol. The van der Waals surface area contributed by atoms with Crippen molar-refractivity contribution in [3.8, 4) is 0 Å². The Kier molecular flexibility index (Phi) is 5.18. The van der Waals surface area contributed by atoms with Crippen LogP contribution >= 0.6 is 23.2 Å². The SMILES string of the molecule is CC(C)C1(C(=O)N(C)Cc2ccc(Cl)c(Cl)c2)CCNC1. The van der Waals surface area contributed by atoms with E-state index in [1.807, 2.05) is 19.2 Å². The number of nitrogens with zero attached hydrogens (tertiary/aromatic N) is 1. The number of benzene rings is 1. The van der Waals surface area contributed by atoms with E-state index in [1.165, 1.54) is 0 Å². The van der Waals surface area contributed by atoms with Gasteiger partial charge in [0.1, 0.15) is 0 Å². The predicted molar refractivity (Wildman–Crippen MR) is 87.7 cm³/mol. The average Bonchev–Trinajstić information content (AvgIpc) is 2.92. The van der Waals surface area contributed by atoms with E-state index >= 15 is 0 Å². The zero-order valence-electron chi connectivity index (χ0n) is 12.7. The molecule has 1 aromatic rings. The van der Waals surface area contributed by atoms with Gasteiger partial charge in [0, 0.05) is 20.1 Å². The van der Waals surface area contributed by atoms with Gasteiger partial charge < -0.3 is 10.2 Å². The van der Waals surface area contributed by atoms with Gasteiger partial charge in [0.05, 0.1) is 15.5 Å². The molecule has 2 rings (SSSR count). The number of carbonyl (C=O) groups is 1. The molecule has 0 saturated carbocycles. The Morgan fingerprint density at radius 3 is 2.62 bits per heavy atom. The van der Waals surface area contributed by atoms with Crippen LogP contribution in [0, 0.1) is 11.3 Å². The van der Waals surface area contributed by atoms with Gasteiger partial charge in [-0.25, -0.2) is 0 Å². The average molecular weight is 329 g/mol. The summed E-state index contributed by atoms with van der Waals surface area (Å²) < 4.78 is 0. The van der Waals surface area contributed by atoms with Crippen LogP contribution in [0.1, 0.15) is 25.8 Å². The molecule has 0 aliphatic carbocycles. The highest BCUT2D eigenvalue weighted by Gasteiger charge is 2.45. The fourth-order valence-electron chi connectivity index (χ4n) is 3.00. The number of hydrogen-bond donors (Lipinski definition) is 1. The third-order valence-electron chi connectivity index (χ3n) is 4.47. The highest BCUT2D eigenvalue weighted by Crippen LogP contribution is 2.36. The molecule has 1 aliphatic rings. The Morgan fingerprint density at radius 2 is 2.10 bits per heavy atom. The Labute approximate surface area is 136 Å². The highest BCUT2D eigenvalue weighted by atomic mass is 35.5. The zero-order valence-corrected chi connectivity index (χ0v) is 14.3. The van der Waals surface area contributed by atoms with E-state index in [0.717, 1.165) is 25.1 Å². The number of rotatable bonds is 4. The maximum absolute atomic E-state index is 12.9. The molecule has 21 heavy (non-hydrogen) atoms. The molecule has 0 spiro atoms. The summed E-state index contributed by atoms with van der Waals surface area (Å²) in [7, 11) is 1.85. The molecule has 1 heterocycles. The van der Waals surface area contributed by atoms with Gasteiger partial charge in [-0.05, 0) is 36.6 Å². The summed E-state index contributed by atoms with van der Waals surface area (Å²) >= 11 is 12.0. The van der Waals surface area contributed by atoms with Crippen molar-refractivity contribution in [2.75, 3.05) is 20.1 Å². The van der Waals surface area contributed by atoms with Crippen molar-refractivity contribution in [2.24, 2.45) is 11.3 Å². The maximum atomic E-state index is 12.9. The van der Waals surface area contributed by atoms with Gasteiger partial charge in [-0.3, -0.25) is 4.79 Å². The van der Waals surface area contributed by atoms with E-state index < -0.39 is 0 Å². The van der Waals surface area contributed by atoms with Gasteiger partial charge in [0.15, 0.2) is 0 Å². The van der Waals surface area contributed by atoms with Crippen LogP contribution in [-0.4, -0.2) is 30.9 Å². The Bertz CT molecular complexity index is 525. The fourth-order valence-corrected chi connectivity index (χ4v) is 3.32. The topological polar surface area (TPSA) is 32.3 Å². The van der Waals surface area contributed by atoms with Crippen LogP contribution in [0.4, 0.5) is 0 Å². The van der Waals surface area contributed by atoms with Gasteiger partial charge in [-0.1, -0.05) is 43.1 Å². The first-order chi connectivity index (χ1) is 9.86. The molecule has 3 nitrogen and oxygen atoms in total. The Morgan fingerprint density at radius 1 is 1.38 bits per heavy atom. The summed E-state index contributed by atoms with van der Waals surface area (Å²) in [4.78, 5) is 14.7. The molecular formula is C16H22Cl2N2O. The summed E-state index contributed by atoms with van der Waals surface area (Å²) in [5.41, 5.74) is 0.704. The van der Waals surface area contributed by atoms with Crippen LogP contribution in [0.25, 0.3) is 0 Å². The first-order valence-corrected chi connectivity index (χ1v) is 8.02. The van der Waals surface area contributed by atoms with Crippen LogP contribution in [0.15, 0.2) is 18.2 Å². The van der Waals surface area contributed by atoms with Gasteiger partial charge >= 0.3 is 0 Å². The molecule has 1 aliphatic heterocycles. The summed E-state index contributed by atoms with van der Waals surface area (Å²) in [5, 5.41) is 4.38. The van der Waals surface area contributed by atoms with E-state index in [2.05, 4.69) is 19.2 Å². The van der Waals surface area contributed by atoms with E-state index in [0.29, 0.717) is 22.5 Å². The predicted octanol–water partition coefficient (Wildman–Crippen LogP) is 3.59. The first-order valence-electron chi connectivity index (χ1n) is 7.27. The number of carbonyl (C=O) groups excluding carboxylic acids is 1. The van der Waals surface area contributed by atoms with E-state index in [1.54, 1.807) is 11.0 Å². The minimum Gasteiger partial charge on any atom is -0.341 e. The zero-order chi connectivity index (χ0) is 15.6. The summed E-state index contributed by atoms with van der Waals surface area (Å²) in [6.07, 6.45) is 0.898. The normalized spacial score (nSPS) is 21.8. The van der Waals surface area contributed by atoms with Crippen molar-refractivity contribution in [1.82, 2.24) is 10.2 Å². The lowest BCUT2D eigenvalue weighted by atomic mass is 9.75. The third-order valence-corrected chi connectivity index (χ3v) is 5.21. The van der Waals surface area contributed by atoms with Crippen molar-refractivity contribution >= 4 is 29.1 Å². The number of hydrogen-bond acceptors (Lipinski definition) is 2. The molecular weight excluding hydrogens is 307 g/mol. The largest absolute Gasteiger partial charge is 0.341 e. The van der Waals surface area contributed by atoms with Crippen LogP contribution in [0.5, 0.6) is 0 Å². The molecule has 0 aromatic heterocycles. The molecule has 116 valence electrons. The van der Waals surface area contributed by atoms with E-state index in [4.69, 9.17) is 23.2 Å². The quantitative estimate of drug-likeness (QED) is 0.916. The van der Waals surface area contributed by atoms with Gasteiger partial charge in [0.25, 0.3) is 0 Å². The molecule has 1 saturated heterocycles. The van der Waals surface area contributed by atoms with Crippen LogP contribution in [0.2, 0.25) is 10.0 Å². The second-order valence-corrected chi connectivity index (χ2v) is 6.96. The maximum Gasteiger partial charge on any atom is 0.230 e. The Balaban J connectivity index is 2.13. The van der Waals surface area contributed by atoms with E-state index in [-0.39, 0.29) is 11.3 Å². The van der Waals surface area contributed by atoms with Crippen LogP contribution in [-0.2, 0) is 11.3 Å². The van der Waals surface area contributed by atoms with Gasteiger partial charge in [0.2, 0.25) is 5.91 Å². The minimum absolute atomic E-state index is 0.202. The molecule has 0 bridgehead atoms. The van der Waals surface area contributed by atoms with E-state index in [9.17, 15) is 4.79 Å². The second kappa shape index (κ2) is 6.55. The molecule has 0 radical (unpaired) electrons. The highest BCUT2D eigenvalue weighted by molar-refractivity contribution is 6.42. The Hall–Kier alpha value is -0.770. The smallest absolute Gasteiger partial charge is 0.230 e. The minimum atomic E-state index is -0.287. The van der Waals surface area contributed by atoms with Gasteiger partial charge in [-0.15, -0.1) is 0 Å². The van der Waals surface area contributed by atoms with Gasteiger partial charge in [-0.2, -0.15) is 0 Å². The summed E-state index contributed by atoms with van der Waals surface area (Å²) in [6.45, 7) is 6.46. The molecule has 1 fully saturated rings. The number of halogens is 2. The van der Waals surface area contributed by atoms with Crippen molar-refractivity contribution in [1.29, 1.82) is 0 Å². The van der Waals surface area contributed by atoms with Crippen molar-refractivity contribution in [3.05, 3.63) is 33.8 Å². The lowest BCUT2D eigenvalue weighted by molar-refractivity contribution is -0.142. The molecule has 1 amide bonds. The number of amides is 1. The van der Waals surface area contributed by atoms with Crippen LogP contribution < -0.4 is 5.32 Å². The molecule has 1 N–H and O–H groups in total. The fraction of sp³-hybridized carbons (Fsp3) is 0.562. The second-order valence-electron chi connectivity index (χ2n) is 6.15. The number of nitrogens with one attached hydrogen (secondary N) is 1. The molecule has 5 heteroatoms. The molecule has 1 atom stereocenters. The van der Waals surface area contributed by atoms with Crippen LogP contribution in [0.3, 0.4) is 0 Å². The summed E-state index contributed by atoms with van der Waals surface area (Å²) in [6, 6.07) is 5.50. The summed E-state index contributed by atoms with van der Waals surface area (Å²) in [5.74, 6) is 0.518. The molecule has 1 unspecified atom stereocenters. The van der Waals surface area contributed by atoms with Crippen molar-refractivity contribution in [2.45, 2.75) is 26.8 Å². The third kappa shape index (κ3) is 3.36. The first kappa shape index (κ1) is 16.6. The molecule has 1 aromatic carbocycles.